The van der Waals surface area contributed by atoms with Crippen LogP contribution >= 0.6 is 0 Å². The van der Waals surface area contributed by atoms with Crippen LogP contribution in [0, 0.1) is 11.8 Å². The Morgan fingerprint density at radius 1 is 0.545 bits per heavy atom. The molecular weight excluding hydrogens is 264 g/mol. The van der Waals surface area contributed by atoms with Crippen molar-refractivity contribution in [2.45, 2.75) is 51.4 Å². The smallest absolute Gasteiger partial charge is 0.0184 e. The molecule has 2 aromatic rings. The highest BCUT2D eigenvalue weighted by Gasteiger charge is 2.21. The molecule has 0 atom stereocenters. The number of hydrogen-bond acceptors (Lipinski definition) is 0. The normalized spacial score (nSPS) is 17.6. The summed E-state index contributed by atoms with van der Waals surface area (Å²) in [5.74, 6) is 2.06. The van der Waals surface area contributed by atoms with Gasteiger partial charge in [-0.3, -0.25) is 0 Å². The Bertz CT molecular complexity index is 540. The first-order chi connectivity index (χ1) is 10.9. The first-order valence-electron chi connectivity index (χ1n) is 9.05. The first-order valence-corrected chi connectivity index (χ1v) is 9.05. The van der Waals surface area contributed by atoms with E-state index in [1.54, 1.807) is 0 Å². The summed E-state index contributed by atoms with van der Waals surface area (Å²) >= 11 is 0. The van der Waals surface area contributed by atoms with Crippen LogP contribution in [0.5, 0.6) is 0 Å². The lowest BCUT2D eigenvalue weighted by molar-refractivity contribution is 0.726. The molecule has 0 unspecified atom stereocenters. The molecule has 22 heavy (non-hydrogen) atoms. The molecule has 0 aliphatic heterocycles. The van der Waals surface area contributed by atoms with Gasteiger partial charge in [0.15, 0.2) is 0 Å². The monoisotopic (exact) mass is 290 g/mol. The zero-order chi connectivity index (χ0) is 14.8. The molecule has 0 saturated heterocycles. The van der Waals surface area contributed by atoms with Gasteiger partial charge >= 0.3 is 0 Å². The lowest BCUT2D eigenvalue weighted by Crippen LogP contribution is -1.88. The Balaban J connectivity index is 1.37. The van der Waals surface area contributed by atoms with Gasteiger partial charge in [-0.15, -0.1) is 0 Å². The van der Waals surface area contributed by atoms with Crippen molar-refractivity contribution in [3.8, 4) is 11.1 Å². The van der Waals surface area contributed by atoms with E-state index < -0.39 is 0 Å². The van der Waals surface area contributed by atoms with Crippen LogP contribution in [0.3, 0.4) is 0 Å². The van der Waals surface area contributed by atoms with Crippen LogP contribution in [-0.2, 0) is 12.8 Å². The van der Waals surface area contributed by atoms with Gasteiger partial charge in [-0.25, -0.2) is 0 Å². The molecule has 0 amide bonds. The Kier molecular flexibility index (Phi) is 4.01. The maximum atomic E-state index is 2.32. The van der Waals surface area contributed by atoms with Crippen molar-refractivity contribution in [2.24, 2.45) is 11.8 Å². The quantitative estimate of drug-likeness (QED) is 0.583. The van der Waals surface area contributed by atoms with Gasteiger partial charge < -0.3 is 0 Å². The molecule has 0 heterocycles. The first kappa shape index (κ1) is 14.1. The molecule has 0 heteroatoms. The molecule has 2 fully saturated rings. The Labute approximate surface area is 134 Å². The van der Waals surface area contributed by atoms with Crippen LogP contribution in [0.2, 0.25) is 0 Å². The van der Waals surface area contributed by atoms with Crippen molar-refractivity contribution < 1.29 is 0 Å². The molecule has 0 nitrogen and oxygen atoms in total. The lowest BCUT2D eigenvalue weighted by atomic mass is 9.99. The third-order valence-corrected chi connectivity index (χ3v) is 5.32. The highest BCUT2D eigenvalue weighted by atomic mass is 14.3. The Morgan fingerprint density at radius 3 is 1.23 bits per heavy atom. The maximum absolute atomic E-state index is 2.32. The van der Waals surface area contributed by atoms with E-state index in [4.69, 9.17) is 0 Å². The van der Waals surface area contributed by atoms with Crippen LogP contribution in [-0.4, -0.2) is 0 Å². The van der Waals surface area contributed by atoms with Gasteiger partial charge in [-0.1, -0.05) is 74.2 Å². The summed E-state index contributed by atoms with van der Waals surface area (Å²) in [5.41, 5.74) is 5.70. The summed E-state index contributed by atoms with van der Waals surface area (Å²) < 4.78 is 0. The summed E-state index contributed by atoms with van der Waals surface area (Å²) in [6.45, 7) is 0. The molecule has 2 aliphatic carbocycles. The van der Waals surface area contributed by atoms with Gasteiger partial charge in [-0.05, 0) is 59.8 Å². The van der Waals surface area contributed by atoms with Gasteiger partial charge in [0.2, 0.25) is 0 Å². The highest BCUT2D eigenvalue weighted by Crippen LogP contribution is 2.34. The predicted molar refractivity (Wildman–Crippen MR) is 94.0 cm³/mol. The van der Waals surface area contributed by atoms with E-state index in [0.717, 1.165) is 11.8 Å². The standard InChI is InChI=1S/C22H26/c1-2-17(1)5-7-19-9-13-21(14-10-19)22-15-11-20(12-16-22)8-6-18-3-4-18/h9-18H,1-8H2. The van der Waals surface area contributed by atoms with E-state index in [2.05, 4.69) is 48.5 Å². The second-order valence-electron chi connectivity index (χ2n) is 7.36. The second kappa shape index (κ2) is 6.28. The molecular formula is C22H26. The predicted octanol–water partition coefficient (Wildman–Crippen LogP) is 6.04. The molecule has 0 bridgehead atoms. The van der Waals surface area contributed by atoms with Crippen molar-refractivity contribution in [3.63, 3.8) is 0 Å². The summed E-state index contributed by atoms with van der Waals surface area (Å²) in [6, 6.07) is 18.4. The van der Waals surface area contributed by atoms with Crippen LogP contribution < -0.4 is 0 Å². The van der Waals surface area contributed by atoms with Gasteiger partial charge in [0.05, 0.1) is 0 Å². The fraction of sp³-hybridized carbons (Fsp3) is 0.455. The van der Waals surface area contributed by atoms with Crippen LogP contribution in [0.15, 0.2) is 48.5 Å². The second-order valence-corrected chi connectivity index (χ2v) is 7.36. The molecule has 0 radical (unpaired) electrons. The number of aryl methyl sites for hydroxylation is 2. The van der Waals surface area contributed by atoms with E-state index in [0.29, 0.717) is 0 Å². The topological polar surface area (TPSA) is 0 Å². The molecule has 0 spiro atoms. The minimum atomic E-state index is 1.03. The maximum Gasteiger partial charge on any atom is -0.0184 e. The minimum Gasteiger partial charge on any atom is -0.0584 e. The van der Waals surface area contributed by atoms with E-state index in [1.807, 2.05) is 0 Å². The van der Waals surface area contributed by atoms with E-state index in [-0.39, 0.29) is 0 Å². The SMILES string of the molecule is c1cc(-c2ccc(CCC3CC3)cc2)ccc1CCC1CC1. The zero-order valence-corrected chi connectivity index (χ0v) is 13.4. The minimum absolute atomic E-state index is 1.03. The lowest BCUT2D eigenvalue weighted by Gasteiger charge is -2.06. The van der Waals surface area contributed by atoms with E-state index >= 15 is 0 Å². The summed E-state index contributed by atoms with van der Waals surface area (Å²) in [7, 11) is 0. The van der Waals surface area contributed by atoms with Crippen molar-refractivity contribution >= 4 is 0 Å². The van der Waals surface area contributed by atoms with E-state index in [9.17, 15) is 0 Å². The van der Waals surface area contributed by atoms with Crippen LogP contribution in [0.1, 0.15) is 49.7 Å². The molecule has 2 aromatic carbocycles. The summed E-state index contributed by atoms with van der Waals surface area (Å²) in [6.07, 6.45) is 11.1. The third-order valence-electron chi connectivity index (χ3n) is 5.32. The average Bonchev–Trinajstić information content (AvgIpc) is 3.47. The van der Waals surface area contributed by atoms with Gasteiger partial charge in [0.25, 0.3) is 0 Å². The van der Waals surface area contributed by atoms with Crippen molar-refractivity contribution in [1.82, 2.24) is 0 Å². The number of hydrogen-bond donors (Lipinski definition) is 0. The molecule has 0 N–H and O–H groups in total. The Morgan fingerprint density at radius 2 is 0.909 bits per heavy atom. The van der Waals surface area contributed by atoms with Crippen LogP contribution in [0.25, 0.3) is 11.1 Å². The van der Waals surface area contributed by atoms with Gasteiger partial charge in [0, 0.05) is 0 Å². The summed E-state index contributed by atoms with van der Waals surface area (Å²) in [4.78, 5) is 0. The largest absolute Gasteiger partial charge is 0.0584 e. The van der Waals surface area contributed by atoms with Gasteiger partial charge in [0.1, 0.15) is 0 Å². The molecule has 4 rings (SSSR count). The highest BCUT2D eigenvalue weighted by molar-refractivity contribution is 5.64. The molecule has 2 saturated carbocycles. The fourth-order valence-corrected chi connectivity index (χ4v) is 3.28. The van der Waals surface area contributed by atoms with Gasteiger partial charge in [-0.2, -0.15) is 0 Å². The average molecular weight is 290 g/mol. The Hall–Kier alpha value is -1.56. The third kappa shape index (κ3) is 3.80. The zero-order valence-electron chi connectivity index (χ0n) is 13.4. The van der Waals surface area contributed by atoms with Crippen molar-refractivity contribution in [3.05, 3.63) is 59.7 Å². The summed E-state index contributed by atoms with van der Waals surface area (Å²) in [5, 5.41) is 0. The van der Waals surface area contributed by atoms with Crippen molar-refractivity contribution in [2.75, 3.05) is 0 Å². The van der Waals surface area contributed by atoms with Crippen molar-refractivity contribution in [1.29, 1.82) is 0 Å². The molecule has 0 aromatic heterocycles. The number of rotatable bonds is 7. The molecule has 2 aliphatic rings. The number of benzene rings is 2. The van der Waals surface area contributed by atoms with Crippen LogP contribution in [0.4, 0.5) is 0 Å². The fourth-order valence-electron chi connectivity index (χ4n) is 3.28. The molecule has 114 valence electrons. The van der Waals surface area contributed by atoms with E-state index in [1.165, 1.54) is 73.6 Å².